The molecule has 180 valence electrons. The number of H-pyrrole nitrogens is 1. The predicted octanol–water partition coefficient (Wildman–Crippen LogP) is 4.99. The van der Waals surface area contributed by atoms with Crippen LogP contribution in [0.4, 0.5) is 0 Å². The van der Waals surface area contributed by atoms with E-state index in [0.717, 1.165) is 45.6 Å². The number of nitrogens with one attached hydrogen (secondary N) is 1. The van der Waals surface area contributed by atoms with E-state index in [1.165, 1.54) is 4.88 Å². The van der Waals surface area contributed by atoms with Crippen LogP contribution in [-0.4, -0.2) is 30.1 Å². The molecule has 35 heavy (non-hydrogen) atoms. The van der Waals surface area contributed by atoms with Crippen molar-refractivity contribution in [3.63, 3.8) is 0 Å². The normalized spacial score (nSPS) is 12.6. The molecule has 0 saturated carbocycles. The minimum atomic E-state index is -0.0868. The van der Waals surface area contributed by atoms with Gasteiger partial charge >= 0.3 is 0 Å². The van der Waals surface area contributed by atoms with E-state index in [0.29, 0.717) is 19.6 Å². The number of hydrogen-bond acceptors (Lipinski definition) is 7. The van der Waals surface area contributed by atoms with Gasteiger partial charge in [-0.25, -0.2) is 4.68 Å². The first-order chi connectivity index (χ1) is 17.0. The monoisotopic (exact) mass is 488 g/mol. The van der Waals surface area contributed by atoms with Crippen molar-refractivity contribution in [3.8, 4) is 0 Å². The highest BCUT2D eigenvalue weighted by Crippen LogP contribution is 2.28. The van der Waals surface area contributed by atoms with Crippen molar-refractivity contribution in [3.05, 3.63) is 97.6 Å². The van der Waals surface area contributed by atoms with Crippen LogP contribution in [0.15, 0.2) is 63.3 Å². The summed E-state index contributed by atoms with van der Waals surface area (Å²) in [6.45, 7) is 7.86. The highest BCUT2D eigenvalue weighted by atomic mass is 32.1. The van der Waals surface area contributed by atoms with E-state index in [1.54, 1.807) is 22.3 Å². The number of benzene rings is 1. The zero-order chi connectivity index (χ0) is 24.4. The zero-order valence-electron chi connectivity index (χ0n) is 20.1. The number of thiophene rings is 1. The summed E-state index contributed by atoms with van der Waals surface area (Å²) in [6, 6.07) is 14.0. The first kappa shape index (κ1) is 23.2. The molecular formula is C26H28N6O2S. The van der Waals surface area contributed by atoms with E-state index >= 15 is 0 Å². The lowest BCUT2D eigenvalue weighted by Crippen LogP contribution is -2.32. The summed E-state index contributed by atoms with van der Waals surface area (Å²) in [4.78, 5) is 19.7. The molecule has 0 radical (unpaired) electrons. The van der Waals surface area contributed by atoms with Crippen LogP contribution in [0.3, 0.4) is 0 Å². The summed E-state index contributed by atoms with van der Waals surface area (Å²) in [7, 11) is 0. The smallest absolute Gasteiger partial charge is 0.252 e. The quantitative estimate of drug-likeness (QED) is 0.314. The van der Waals surface area contributed by atoms with Crippen LogP contribution in [0.5, 0.6) is 0 Å². The number of nitrogens with zero attached hydrogens (tertiary/aromatic N) is 5. The average Bonchev–Trinajstić information content (AvgIpc) is 3.60. The van der Waals surface area contributed by atoms with Gasteiger partial charge in [0.05, 0.1) is 12.3 Å². The van der Waals surface area contributed by atoms with Gasteiger partial charge in [0, 0.05) is 34.4 Å². The van der Waals surface area contributed by atoms with Crippen molar-refractivity contribution < 1.29 is 4.42 Å². The van der Waals surface area contributed by atoms with Gasteiger partial charge in [0.1, 0.15) is 12.3 Å². The number of aromatic nitrogens is 5. The Labute approximate surface area is 207 Å². The second-order valence-electron chi connectivity index (χ2n) is 8.85. The molecule has 0 aliphatic rings. The summed E-state index contributed by atoms with van der Waals surface area (Å²) < 4.78 is 7.30. The largest absolute Gasteiger partial charge is 0.467 e. The van der Waals surface area contributed by atoms with Crippen LogP contribution in [0, 0.1) is 13.8 Å². The van der Waals surface area contributed by atoms with E-state index in [1.807, 2.05) is 31.2 Å². The molecule has 5 rings (SSSR count). The maximum Gasteiger partial charge on any atom is 0.252 e. The fourth-order valence-electron chi connectivity index (χ4n) is 4.65. The fraction of sp³-hybridized carbons (Fsp3) is 0.308. The van der Waals surface area contributed by atoms with Gasteiger partial charge in [-0.3, -0.25) is 9.69 Å². The molecular weight excluding hydrogens is 460 g/mol. The van der Waals surface area contributed by atoms with Crippen LogP contribution in [-0.2, 0) is 19.6 Å². The summed E-state index contributed by atoms with van der Waals surface area (Å²) in [6.07, 6.45) is 2.43. The molecule has 5 aromatic rings. The Bertz CT molecular complexity index is 1470. The summed E-state index contributed by atoms with van der Waals surface area (Å²) in [5, 5.41) is 15.7. The Morgan fingerprint density at radius 3 is 2.80 bits per heavy atom. The van der Waals surface area contributed by atoms with Gasteiger partial charge in [-0.1, -0.05) is 19.1 Å². The Balaban J connectivity index is 1.52. The van der Waals surface area contributed by atoms with Gasteiger partial charge in [0.15, 0.2) is 5.82 Å². The fourth-order valence-corrected chi connectivity index (χ4v) is 5.38. The SMILES string of the molecule is CC[C@H](c1nnnn1Cc1ccco1)N(Cc1cccs1)Cc1cc2c(C)cc(C)cc2[nH]c1=O. The molecule has 0 aliphatic heterocycles. The number of hydrogen-bond donors (Lipinski definition) is 1. The first-order valence-electron chi connectivity index (χ1n) is 11.7. The number of fused-ring (bicyclic) bond motifs is 1. The highest BCUT2D eigenvalue weighted by Gasteiger charge is 2.26. The third-order valence-electron chi connectivity index (χ3n) is 6.27. The summed E-state index contributed by atoms with van der Waals surface area (Å²) >= 11 is 1.70. The van der Waals surface area contributed by atoms with Crippen LogP contribution in [0.2, 0.25) is 0 Å². The molecule has 0 spiro atoms. The lowest BCUT2D eigenvalue weighted by atomic mass is 10.0. The van der Waals surface area contributed by atoms with Crippen molar-refractivity contribution in [1.29, 1.82) is 0 Å². The van der Waals surface area contributed by atoms with Crippen molar-refractivity contribution in [2.45, 2.75) is 52.9 Å². The molecule has 0 fully saturated rings. The van der Waals surface area contributed by atoms with E-state index in [9.17, 15) is 4.79 Å². The van der Waals surface area contributed by atoms with Gasteiger partial charge in [-0.05, 0) is 77.5 Å². The number of tetrazole rings is 1. The van der Waals surface area contributed by atoms with Crippen molar-refractivity contribution in [1.82, 2.24) is 30.1 Å². The Morgan fingerprint density at radius 1 is 1.17 bits per heavy atom. The number of aromatic amines is 1. The molecule has 1 aromatic carbocycles. The predicted molar refractivity (Wildman–Crippen MR) is 136 cm³/mol. The molecule has 0 bridgehead atoms. The summed E-state index contributed by atoms with van der Waals surface area (Å²) in [5.74, 6) is 1.54. The van der Waals surface area contributed by atoms with Gasteiger partial charge in [0.2, 0.25) is 0 Å². The Hall–Kier alpha value is -3.56. The molecule has 4 heterocycles. The van der Waals surface area contributed by atoms with Crippen LogP contribution >= 0.6 is 11.3 Å². The molecule has 8 nitrogen and oxygen atoms in total. The molecule has 1 N–H and O–H groups in total. The molecule has 1 atom stereocenters. The lowest BCUT2D eigenvalue weighted by molar-refractivity contribution is 0.162. The highest BCUT2D eigenvalue weighted by molar-refractivity contribution is 7.09. The number of aryl methyl sites for hydroxylation is 2. The van der Waals surface area contributed by atoms with Gasteiger partial charge < -0.3 is 9.40 Å². The number of pyridine rings is 1. The standard InChI is InChI=1S/C26H28N6O2S/c1-4-24(25-28-29-30-32(25)15-20-7-5-9-34-20)31(16-21-8-6-10-35-21)14-19-13-22-18(3)11-17(2)12-23(22)27-26(19)33/h5-13,24H,4,14-16H2,1-3H3,(H,27,33)/t24-/m1/s1. The van der Waals surface area contributed by atoms with Crippen LogP contribution in [0.1, 0.15) is 52.5 Å². The number of furan rings is 1. The Kier molecular flexibility index (Phi) is 6.61. The molecule has 0 saturated heterocycles. The third kappa shape index (κ3) is 4.96. The minimum absolute atomic E-state index is 0.0660. The first-order valence-corrected chi connectivity index (χ1v) is 12.6. The second kappa shape index (κ2) is 9.97. The number of rotatable bonds is 9. The van der Waals surface area contributed by atoms with Gasteiger partial charge in [-0.2, -0.15) is 0 Å². The Morgan fingerprint density at radius 2 is 2.06 bits per heavy atom. The van der Waals surface area contributed by atoms with Crippen molar-refractivity contribution in [2.75, 3.05) is 0 Å². The summed E-state index contributed by atoms with van der Waals surface area (Å²) in [5.41, 5.74) is 3.81. The lowest BCUT2D eigenvalue weighted by Gasteiger charge is -2.29. The maximum atomic E-state index is 13.1. The molecule has 0 unspecified atom stereocenters. The average molecular weight is 489 g/mol. The molecule has 4 aromatic heterocycles. The van der Waals surface area contributed by atoms with Crippen molar-refractivity contribution >= 4 is 22.2 Å². The molecule has 0 amide bonds. The van der Waals surface area contributed by atoms with Gasteiger partial charge in [0.25, 0.3) is 5.56 Å². The van der Waals surface area contributed by atoms with E-state index in [2.05, 4.69) is 62.8 Å². The van der Waals surface area contributed by atoms with E-state index in [-0.39, 0.29) is 11.6 Å². The van der Waals surface area contributed by atoms with E-state index < -0.39 is 0 Å². The van der Waals surface area contributed by atoms with Crippen LogP contribution in [0.25, 0.3) is 10.9 Å². The zero-order valence-corrected chi connectivity index (χ0v) is 20.9. The van der Waals surface area contributed by atoms with Gasteiger partial charge in [-0.15, -0.1) is 16.4 Å². The maximum absolute atomic E-state index is 13.1. The second-order valence-corrected chi connectivity index (χ2v) is 9.88. The topological polar surface area (TPSA) is 92.8 Å². The molecule has 9 heteroatoms. The molecule has 0 aliphatic carbocycles. The van der Waals surface area contributed by atoms with E-state index in [4.69, 9.17) is 4.42 Å². The van der Waals surface area contributed by atoms with Crippen molar-refractivity contribution in [2.24, 2.45) is 0 Å². The third-order valence-corrected chi connectivity index (χ3v) is 7.13. The minimum Gasteiger partial charge on any atom is -0.467 e. The van der Waals surface area contributed by atoms with Crippen LogP contribution < -0.4 is 5.56 Å².